The lowest BCUT2D eigenvalue weighted by atomic mass is 10.0. The molecule has 4 aromatic rings. The van der Waals surface area contributed by atoms with E-state index >= 15 is 0 Å². The predicted octanol–water partition coefficient (Wildman–Crippen LogP) is 4.50. The summed E-state index contributed by atoms with van der Waals surface area (Å²) in [6.07, 6.45) is 0. The zero-order valence-electron chi connectivity index (χ0n) is 15.5. The summed E-state index contributed by atoms with van der Waals surface area (Å²) in [6.45, 7) is -0.0207. The number of fused-ring (bicyclic) bond motifs is 2. The van der Waals surface area contributed by atoms with E-state index in [4.69, 9.17) is 4.98 Å². The summed E-state index contributed by atoms with van der Waals surface area (Å²) in [5.74, 6) is -0.429. The number of pyridine rings is 1. The summed E-state index contributed by atoms with van der Waals surface area (Å²) in [4.78, 5) is 32.1. The number of rotatable bonds is 2. The fourth-order valence-corrected chi connectivity index (χ4v) is 3.67. The largest absolute Gasteiger partial charge is 0.323 e. The molecule has 0 saturated carbocycles. The first-order valence-corrected chi connectivity index (χ1v) is 9.37. The molecule has 0 bridgehead atoms. The third-order valence-corrected chi connectivity index (χ3v) is 5.03. The van der Waals surface area contributed by atoms with E-state index in [-0.39, 0.29) is 18.4 Å². The van der Waals surface area contributed by atoms with Gasteiger partial charge in [-0.05, 0) is 24.3 Å². The number of carbonyl (C=O) groups excluding carboxylic acids is 2. The second-order valence-corrected chi connectivity index (χ2v) is 6.89. The highest BCUT2D eigenvalue weighted by molar-refractivity contribution is 6.19. The number of anilines is 2. The highest BCUT2D eigenvalue weighted by Crippen LogP contribution is 2.32. The van der Waals surface area contributed by atoms with E-state index in [1.807, 2.05) is 78.9 Å². The van der Waals surface area contributed by atoms with Crippen LogP contribution in [0.5, 0.6) is 0 Å². The molecule has 2 amide bonds. The molecule has 29 heavy (non-hydrogen) atoms. The van der Waals surface area contributed by atoms with Gasteiger partial charge in [0.1, 0.15) is 6.54 Å². The molecule has 0 spiro atoms. The van der Waals surface area contributed by atoms with Crippen molar-refractivity contribution in [2.45, 2.75) is 0 Å². The second kappa shape index (κ2) is 6.87. The average molecular weight is 379 g/mol. The van der Waals surface area contributed by atoms with E-state index in [9.17, 15) is 9.59 Å². The maximum Gasteiger partial charge on any atom is 0.259 e. The molecule has 1 aliphatic rings. The number of nitrogens with one attached hydrogen (secondary N) is 1. The van der Waals surface area contributed by atoms with Gasteiger partial charge in [-0.25, -0.2) is 4.98 Å². The third-order valence-electron chi connectivity index (χ3n) is 5.03. The van der Waals surface area contributed by atoms with Gasteiger partial charge < -0.3 is 5.32 Å². The maximum atomic E-state index is 13.6. The summed E-state index contributed by atoms with van der Waals surface area (Å²) in [5.41, 5.74) is 4.26. The van der Waals surface area contributed by atoms with Crippen molar-refractivity contribution in [1.29, 1.82) is 0 Å². The number of hydrogen-bond donors (Lipinski definition) is 1. The standard InChI is InChI=1S/C24H17N3O2/c28-23-15-27(22-13-7-6-12-20(22)26-23)24(29)18-14-21(16-8-2-1-3-9-16)25-19-11-5-4-10-17(18)19/h1-14H,15H2,(H,26,28). The minimum Gasteiger partial charge on any atom is -0.323 e. The number of nitrogens with zero attached hydrogens (tertiary/aromatic N) is 2. The lowest BCUT2D eigenvalue weighted by Gasteiger charge is -2.29. The van der Waals surface area contributed by atoms with E-state index in [0.29, 0.717) is 16.9 Å². The van der Waals surface area contributed by atoms with Crippen molar-refractivity contribution < 1.29 is 9.59 Å². The van der Waals surface area contributed by atoms with Gasteiger partial charge in [0.2, 0.25) is 5.91 Å². The molecule has 5 heteroatoms. The highest BCUT2D eigenvalue weighted by atomic mass is 16.2. The Hall–Kier alpha value is -3.99. The molecule has 0 aliphatic carbocycles. The molecule has 0 unspecified atom stereocenters. The molecule has 0 saturated heterocycles. The molecule has 0 radical (unpaired) electrons. The molecule has 2 heterocycles. The Bertz CT molecular complexity index is 1250. The lowest BCUT2D eigenvalue weighted by Crippen LogP contribution is -2.42. The van der Waals surface area contributed by atoms with Crippen molar-refractivity contribution in [2.75, 3.05) is 16.8 Å². The van der Waals surface area contributed by atoms with Crippen LogP contribution in [-0.2, 0) is 4.79 Å². The summed E-state index contributed by atoms with van der Waals surface area (Å²) in [7, 11) is 0. The van der Waals surface area contributed by atoms with Crippen LogP contribution in [0.3, 0.4) is 0 Å². The van der Waals surface area contributed by atoms with Crippen molar-refractivity contribution >= 4 is 34.1 Å². The van der Waals surface area contributed by atoms with Crippen LogP contribution in [-0.4, -0.2) is 23.3 Å². The fraction of sp³-hybridized carbons (Fsp3) is 0.0417. The summed E-state index contributed by atoms with van der Waals surface area (Å²) in [6, 6.07) is 26.5. The molecule has 5 rings (SSSR count). The van der Waals surface area contributed by atoms with E-state index in [2.05, 4.69) is 5.32 Å². The number of hydrogen-bond acceptors (Lipinski definition) is 3. The summed E-state index contributed by atoms with van der Waals surface area (Å²) < 4.78 is 0. The molecular weight excluding hydrogens is 362 g/mol. The van der Waals surface area contributed by atoms with Crippen LogP contribution in [0.4, 0.5) is 11.4 Å². The van der Waals surface area contributed by atoms with Crippen molar-refractivity contribution in [1.82, 2.24) is 4.98 Å². The minimum atomic E-state index is -0.219. The Morgan fingerprint density at radius 1 is 0.897 bits per heavy atom. The van der Waals surface area contributed by atoms with E-state index in [1.54, 1.807) is 6.07 Å². The number of benzene rings is 3. The number of aromatic nitrogens is 1. The van der Waals surface area contributed by atoms with Crippen molar-refractivity contribution in [3.8, 4) is 11.3 Å². The van der Waals surface area contributed by atoms with Gasteiger partial charge in [-0.3, -0.25) is 14.5 Å². The van der Waals surface area contributed by atoms with E-state index < -0.39 is 0 Å². The van der Waals surface area contributed by atoms with Gasteiger partial charge in [-0.15, -0.1) is 0 Å². The van der Waals surface area contributed by atoms with E-state index in [1.165, 1.54) is 4.90 Å². The number of carbonyl (C=O) groups is 2. The summed E-state index contributed by atoms with van der Waals surface area (Å²) >= 11 is 0. The predicted molar refractivity (Wildman–Crippen MR) is 114 cm³/mol. The van der Waals surface area contributed by atoms with Gasteiger partial charge in [0.15, 0.2) is 0 Å². The monoisotopic (exact) mass is 379 g/mol. The minimum absolute atomic E-state index is 0.0207. The van der Waals surface area contributed by atoms with Gasteiger partial charge in [-0.1, -0.05) is 60.7 Å². The normalized spacial score (nSPS) is 13.1. The molecule has 1 N–H and O–H groups in total. The Balaban J connectivity index is 1.69. The Labute approximate surface area is 167 Å². The second-order valence-electron chi connectivity index (χ2n) is 6.89. The van der Waals surface area contributed by atoms with Crippen LogP contribution in [0.2, 0.25) is 0 Å². The topological polar surface area (TPSA) is 62.3 Å². The average Bonchev–Trinajstić information content (AvgIpc) is 2.78. The molecular formula is C24H17N3O2. The number of amides is 2. The van der Waals surface area contributed by atoms with E-state index in [0.717, 1.165) is 22.2 Å². The van der Waals surface area contributed by atoms with Crippen LogP contribution in [0.25, 0.3) is 22.2 Å². The Kier molecular flexibility index (Phi) is 4.06. The third kappa shape index (κ3) is 3.02. The quantitative estimate of drug-likeness (QED) is 0.558. The van der Waals surface area contributed by atoms with Gasteiger partial charge in [0.05, 0.1) is 28.1 Å². The van der Waals surface area contributed by atoms with Gasteiger partial charge in [-0.2, -0.15) is 0 Å². The Morgan fingerprint density at radius 2 is 1.62 bits per heavy atom. The number of para-hydroxylation sites is 3. The molecule has 140 valence electrons. The van der Waals surface area contributed by atoms with Crippen LogP contribution < -0.4 is 10.2 Å². The molecule has 1 aromatic heterocycles. The fourth-order valence-electron chi connectivity index (χ4n) is 3.67. The molecule has 1 aliphatic heterocycles. The summed E-state index contributed by atoms with van der Waals surface area (Å²) in [5, 5.41) is 3.59. The first-order chi connectivity index (χ1) is 14.2. The molecule has 3 aromatic carbocycles. The van der Waals surface area contributed by atoms with Gasteiger partial charge >= 0.3 is 0 Å². The Morgan fingerprint density at radius 3 is 2.48 bits per heavy atom. The SMILES string of the molecule is O=C1CN(C(=O)c2cc(-c3ccccc3)nc3ccccc23)c2ccccc2N1. The van der Waals surface area contributed by atoms with Crippen LogP contribution >= 0.6 is 0 Å². The molecule has 0 atom stereocenters. The zero-order chi connectivity index (χ0) is 19.8. The maximum absolute atomic E-state index is 13.6. The molecule has 5 nitrogen and oxygen atoms in total. The first kappa shape index (κ1) is 17.1. The van der Waals surface area contributed by atoms with Crippen LogP contribution in [0.15, 0.2) is 84.9 Å². The highest BCUT2D eigenvalue weighted by Gasteiger charge is 2.28. The lowest BCUT2D eigenvalue weighted by molar-refractivity contribution is -0.115. The van der Waals surface area contributed by atoms with Crippen molar-refractivity contribution in [3.05, 3.63) is 90.5 Å². The van der Waals surface area contributed by atoms with Gasteiger partial charge in [0, 0.05) is 10.9 Å². The van der Waals surface area contributed by atoms with Gasteiger partial charge in [0.25, 0.3) is 5.91 Å². The first-order valence-electron chi connectivity index (χ1n) is 9.37. The molecule has 0 fully saturated rings. The zero-order valence-corrected chi connectivity index (χ0v) is 15.5. The van der Waals surface area contributed by atoms with Crippen LogP contribution in [0.1, 0.15) is 10.4 Å². The smallest absolute Gasteiger partial charge is 0.259 e. The van der Waals surface area contributed by atoms with Crippen molar-refractivity contribution in [2.24, 2.45) is 0 Å². The van der Waals surface area contributed by atoms with Crippen molar-refractivity contribution in [3.63, 3.8) is 0 Å². The van der Waals surface area contributed by atoms with Crippen LogP contribution in [0, 0.1) is 0 Å².